The summed E-state index contributed by atoms with van der Waals surface area (Å²) >= 11 is 0. The Kier molecular flexibility index (Phi) is 5.83. The molecule has 0 aromatic heterocycles. The fourth-order valence-corrected chi connectivity index (χ4v) is 3.55. The van der Waals surface area contributed by atoms with Gasteiger partial charge in [-0.1, -0.05) is 52.0 Å². The molecule has 1 fully saturated rings. The highest BCUT2D eigenvalue weighted by Gasteiger charge is 2.30. The first-order valence-corrected chi connectivity index (χ1v) is 8.56. The minimum atomic E-state index is 0.272. The number of piperidine rings is 1. The SMILES string of the molecule is CC(C)Cc1ccc(C2C(N)CCCN2CC(C)C)cc1. The van der Waals surface area contributed by atoms with E-state index >= 15 is 0 Å². The van der Waals surface area contributed by atoms with Crippen molar-refractivity contribution in [2.45, 2.75) is 59.0 Å². The van der Waals surface area contributed by atoms with Crippen LogP contribution in [0.25, 0.3) is 0 Å². The summed E-state index contributed by atoms with van der Waals surface area (Å²) in [5.74, 6) is 1.41. The first-order chi connectivity index (χ1) is 9.97. The van der Waals surface area contributed by atoms with E-state index in [0.29, 0.717) is 17.9 Å². The summed E-state index contributed by atoms with van der Waals surface area (Å²) in [6.45, 7) is 11.5. The largest absolute Gasteiger partial charge is 0.326 e. The van der Waals surface area contributed by atoms with E-state index in [1.54, 1.807) is 0 Å². The molecular formula is C19H32N2. The van der Waals surface area contributed by atoms with Crippen LogP contribution >= 0.6 is 0 Å². The van der Waals surface area contributed by atoms with Gasteiger partial charge in [-0.15, -0.1) is 0 Å². The van der Waals surface area contributed by atoms with Crippen LogP contribution in [0.1, 0.15) is 57.7 Å². The molecule has 1 heterocycles. The molecule has 1 aromatic rings. The zero-order valence-electron chi connectivity index (χ0n) is 14.2. The molecule has 0 spiro atoms. The van der Waals surface area contributed by atoms with E-state index in [1.807, 2.05) is 0 Å². The molecule has 2 atom stereocenters. The maximum absolute atomic E-state index is 6.45. The average molecular weight is 288 g/mol. The van der Waals surface area contributed by atoms with Crippen molar-refractivity contribution in [2.24, 2.45) is 17.6 Å². The van der Waals surface area contributed by atoms with Gasteiger partial charge in [-0.3, -0.25) is 4.90 Å². The van der Waals surface area contributed by atoms with Crippen LogP contribution in [0.4, 0.5) is 0 Å². The molecule has 1 saturated heterocycles. The summed E-state index contributed by atoms with van der Waals surface area (Å²) in [7, 11) is 0. The van der Waals surface area contributed by atoms with E-state index in [2.05, 4.69) is 56.9 Å². The Bertz CT molecular complexity index is 422. The van der Waals surface area contributed by atoms with Crippen LogP contribution in [0.15, 0.2) is 24.3 Å². The van der Waals surface area contributed by atoms with Crippen LogP contribution < -0.4 is 5.73 Å². The number of hydrogen-bond donors (Lipinski definition) is 1. The van der Waals surface area contributed by atoms with Gasteiger partial charge in [0.25, 0.3) is 0 Å². The molecule has 118 valence electrons. The quantitative estimate of drug-likeness (QED) is 0.887. The fraction of sp³-hybridized carbons (Fsp3) is 0.684. The lowest BCUT2D eigenvalue weighted by atomic mass is 9.89. The van der Waals surface area contributed by atoms with Gasteiger partial charge in [0.15, 0.2) is 0 Å². The second-order valence-corrected chi connectivity index (χ2v) is 7.48. The highest BCUT2D eigenvalue weighted by Crippen LogP contribution is 2.31. The standard InChI is InChI=1S/C19H32N2/c1-14(2)12-16-7-9-17(10-8-16)19-18(20)6-5-11-21(19)13-15(3)4/h7-10,14-15,18-19H,5-6,11-13,20H2,1-4H3. The fourth-order valence-electron chi connectivity index (χ4n) is 3.55. The lowest BCUT2D eigenvalue weighted by Crippen LogP contribution is -2.47. The molecule has 1 aliphatic rings. The molecule has 0 bridgehead atoms. The first-order valence-electron chi connectivity index (χ1n) is 8.56. The molecule has 1 aliphatic heterocycles. The lowest BCUT2D eigenvalue weighted by molar-refractivity contribution is 0.114. The van der Waals surface area contributed by atoms with Gasteiger partial charge in [0, 0.05) is 18.6 Å². The predicted octanol–water partition coefficient (Wildman–Crippen LogP) is 4.01. The first kappa shape index (κ1) is 16.5. The van der Waals surface area contributed by atoms with E-state index in [4.69, 9.17) is 5.73 Å². The molecule has 21 heavy (non-hydrogen) atoms. The third-order valence-corrected chi connectivity index (χ3v) is 4.35. The summed E-state index contributed by atoms with van der Waals surface area (Å²) in [6, 6.07) is 9.87. The van der Waals surface area contributed by atoms with Crippen molar-refractivity contribution >= 4 is 0 Å². The van der Waals surface area contributed by atoms with Crippen LogP contribution in [-0.4, -0.2) is 24.0 Å². The Labute approximate surface area is 130 Å². The second kappa shape index (κ2) is 7.42. The van der Waals surface area contributed by atoms with E-state index in [9.17, 15) is 0 Å². The molecule has 2 unspecified atom stereocenters. The van der Waals surface area contributed by atoms with Crippen LogP contribution in [0.3, 0.4) is 0 Å². The number of likely N-dealkylation sites (tertiary alicyclic amines) is 1. The number of hydrogen-bond acceptors (Lipinski definition) is 2. The lowest BCUT2D eigenvalue weighted by Gasteiger charge is -2.41. The normalized spacial score (nSPS) is 24.0. The van der Waals surface area contributed by atoms with Crippen molar-refractivity contribution in [1.29, 1.82) is 0 Å². The zero-order valence-corrected chi connectivity index (χ0v) is 14.2. The average Bonchev–Trinajstić information content (AvgIpc) is 2.39. The smallest absolute Gasteiger partial charge is 0.0499 e. The van der Waals surface area contributed by atoms with E-state index in [0.717, 1.165) is 19.4 Å². The second-order valence-electron chi connectivity index (χ2n) is 7.48. The van der Waals surface area contributed by atoms with Gasteiger partial charge in [0.1, 0.15) is 0 Å². The van der Waals surface area contributed by atoms with Crippen LogP contribution in [0.2, 0.25) is 0 Å². The van der Waals surface area contributed by atoms with Crippen molar-refractivity contribution in [2.75, 3.05) is 13.1 Å². The number of nitrogens with zero attached hydrogens (tertiary/aromatic N) is 1. The monoisotopic (exact) mass is 288 g/mol. The van der Waals surface area contributed by atoms with Crippen molar-refractivity contribution in [3.05, 3.63) is 35.4 Å². The van der Waals surface area contributed by atoms with E-state index in [1.165, 1.54) is 24.1 Å². The Morgan fingerprint density at radius 2 is 1.76 bits per heavy atom. The van der Waals surface area contributed by atoms with E-state index in [-0.39, 0.29) is 6.04 Å². The van der Waals surface area contributed by atoms with Crippen molar-refractivity contribution in [3.8, 4) is 0 Å². The highest BCUT2D eigenvalue weighted by atomic mass is 15.2. The van der Waals surface area contributed by atoms with Gasteiger partial charge in [0.05, 0.1) is 0 Å². The minimum Gasteiger partial charge on any atom is -0.326 e. The summed E-state index contributed by atoms with van der Waals surface area (Å²) in [6.07, 6.45) is 3.54. The molecule has 0 radical (unpaired) electrons. The molecule has 0 amide bonds. The number of benzene rings is 1. The van der Waals surface area contributed by atoms with Crippen LogP contribution in [-0.2, 0) is 6.42 Å². The minimum absolute atomic E-state index is 0.272. The number of rotatable bonds is 5. The van der Waals surface area contributed by atoms with Crippen molar-refractivity contribution in [1.82, 2.24) is 4.90 Å². The Morgan fingerprint density at radius 3 is 2.33 bits per heavy atom. The van der Waals surface area contributed by atoms with Gasteiger partial charge in [-0.2, -0.15) is 0 Å². The van der Waals surface area contributed by atoms with Gasteiger partial charge in [0.2, 0.25) is 0 Å². The van der Waals surface area contributed by atoms with Gasteiger partial charge in [-0.25, -0.2) is 0 Å². The van der Waals surface area contributed by atoms with Crippen molar-refractivity contribution in [3.63, 3.8) is 0 Å². The predicted molar refractivity (Wildman–Crippen MR) is 91.3 cm³/mol. The zero-order chi connectivity index (χ0) is 15.4. The molecule has 0 aliphatic carbocycles. The summed E-state index contributed by atoms with van der Waals surface area (Å²) < 4.78 is 0. The summed E-state index contributed by atoms with van der Waals surface area (Å²) in [4.78, 5) is 2.59. The molecule has 0 saturated carbocycles. The Balaban J connectivity index is 2.15. The van der Waals surface area contributed by atoms with Crippen LogP contribution in [0.5, 0.6) is 0 Å². The molecular weight excluding hydrogens is 256 g/mol. The molecule has 2 rings (SSSR count). The third-order valence-electron chi connectivity index (χ3n) is 4.35. The molecule has 2 heteroatoms. The Hall–Kier alpha value is -0.860. The topological polar surface area (TPSA) is 29.3 Å². The van der Waals surface area contributed by atoms with Crippen molar-refractivity contribution < 1.29 is 0 Å². The summed E-state index contributed by atoms with van der Waals surface area (Å²) in [5, 5.41) is 0. The molecule has 2 N–H and O–H groups in total. The maximum Gasteiger partial charge on any atom is 0.0499 e. The maximum atomic E-state index is 6.45. The van der Waals surface area contributed by atoms with Crippen LogP contribution in [0, 0.1) is 11.8 Å². The van der Waals surface area contributed by atoms with Gasteiger partial charge in [-0.05, 0) is 48.8 Å². The Morgan fingerprint density at radius 1 is 1.10 bits per heavy atom. The molecule has 1 aromatic carbocycles. The number of nitrogens with two attached hydrogens (primary N) is 1. The molecule has 2 nitrogen and oxygen atoms in total. The highest BCUT2D eigenvalue weighted by molar-refractivity contribution is 5.27. The van der Waals surface area contributed by atoms with Gasteiger partial charge < -0.3 is 5.73 Å². The third kappa shape index (κ3) is 4.55. The van der Waals surface area contributed by atoms with Gasteiger partial charge >= 0.3 is 0 Å². The summed E-state index contributed by atoms with van der Waals surface area (Å²) in [5.41, 5.74) is 9.29. The van der Waals surface area contributed by atoms with E-state index < -0.39 is 0 Å².